The second kappa shape index (κ2) is 6.10. The number of hydrogen-bond acceptors (Lipinski definition) is 6. The van der Waals surface area contributed by atoms with E-state index in [-0.39, 0.29) is 5.56 Å². The second-order valence-electron chi connectivity index (χ2n) is 4.35. The molecule has 1 aromatic heterocycles. The van der Waals surface area contributed by atoms with Crippen molar-refractivity contribution < 1.29 is 14.8 Å². The van der Waals surface area contributed by atoms with E-state index in [9.17, 15) is 14.9 Å². The van der Waals surface area contributed by atoms with Crippen LogP contribution in [-0.2, 0) is 0 Å². The van der Waals surface area contributed by atoms with Crippen LogP contribution in [0.5, 0.6) is 0 Å². The monoisotopic (exact) mass is 268 g/mol. The van der Waals surface area contributed by atoms with Crippen molar-refractivity contribution in [3.63, 3.8) is 0 Å². The van der Waals surface area contributed by atoms with Gasteiger partial charge in [-0.1, -0.05) is 0 Å². The third kappa shape index (κ3) is 3.88. The number of nitrogens with zero attached hydrogens (tertiary/aromatic N) is 4. The molecule has 0 saturated heterocycles. The number of carbonyl (C=O) groups is 1. The average molecular weight is 268 g/mol. The van der Waals surface area contributed by atoms with E-state index in [1.807, 2.05) is 19.0 Å². The molecule has 104 valence electrons. The van der Waals surface area contributed by atoms with Crippen molar-refractivity contribution >= 4 is 17.5 Å². The Kier molecular flexibility index (Phi) is 4.76. The number of rotatable bonds is 6. The predicted octanol–water partition coefficient (Wildman–Crippen LogP) is 0.686. The Morgan fingerprint density at radius 2 is 2.05 bits per heavy atom. The minimum atomic E-state index is -1.34. The topological polar surface area (TPSA) is 99.8 Å². The van der Waals surface area contributed by atoms with Gasteiger partial charge in [-0.15, -0.1) is 0 Å². The van der Waals surface area contributed by atoms with Gasteiger partial charge in [0.1, 0.15) is 17.6 Å². The number of anilines is 1. The van der Waals surface area contributed by atoms with Crippen molar-refractivity contribution in [2.45, 2.75) is 0 Å². The van der Waals surface area contributed by atoms with Crippen LogP contribution in [0.2, 0.25) is 0 Å². The summed E-state index contributed by atoms with van der Waals surface area (Å²) in [5, 5.41) is 19.7. The predicted molar refractivity (Wildman–Crippen MR) is 69.7 cm³/mol. The van der Waals surface area contributed by atoms with Crippen molar-refractivity contribution in [1.82, 2.24) is 9.88 Å². The van der Waals surface area contributed by atoms with Gasteiger partial charge < -0.3 is 14.9 Å². The van der Waals surface area contributed by atoms with Crippen molar-refractivity contribution in [3.8, 4) is 0 Å². The van der Waals surface area contributed by atoms with Crippen LogP contribution in [0.25, 0.3) is 0 Å². The summed E-state index contributed by atoms with van der Waals surface area (Å²) in [5.74, 6) is -0.943. The van der Waals surface area contributed by atoms with E-state index in [1.54, 1.807) is 11.9 Å². The maximum Gasteiger partial charge on any atom is 0.342 e. The summed E-state index contributed by atoms with van der Waals surface area (Å²) in [4.78, 5) is 28.6. The molecular formula is C11H16N4O4. The van der Waals surface area contributed by atoms with Crippen molar-refractivity contribution in [1.29, 1.82) is 0 Å². The van der Waals surface area contributed by atoms with Gasteiger partial charge in [-0.05, 0) is 14.1 Å². The smallest absolute Gasteiger partial charge is 0.342 e. The number of aromatic nitrogens is 1. The van der Waals surface area contributed by atoms with Gasteiger partial charge in [0.2, 0.25) is 0 Å². The SMILES string of the molecule is CN(C)CCN(C)c1cc(C(=O)O)c([N+](=O)[O-])cn1. The first-order chi connectivity index (χ1) is 8.82. The number of likely N-dealkylation sites (N-methyl/N-ethyl adjacent to an activating group) is 2. The summed E-state index contributed by atoms with van der Waals surface area (Å²) < 4.78 is 0. The zero-order chi connectivity index (χ0) is 14.6. The number of carboxylic acid groups (broad SMARTS) is 1. The zero-order valence-corrected chi connectivity index (χ0v) is 11.0. The minimum Gasteiger partial charge on any atom is -0.477 e. The highest BCUT2D eigenvalue weighted by Crippen LogP contribution is 2.21. The number of nitro groups is 1. The molecule has 0 aliphatic heterocycles. The van der Waals surface area contributed by atoms with Gasteiger partial charge in [0.25, 0.3) is 0 Å². The number of aromatic carboxylic acids is 1. The normalized spacial score (nSPS) is 10.5. The largest absolute Gasteiger partial charge is 0.477 e. The highest BCUT2D eigenvalue weighted by molar-refractivity contribution is 5.93. The van der Waals surface area contributed by atoms with Gasteiger partial charge >= 0.3 is 11.7 Å². The fraction of sp³-hybridized carbons (Fsp3) is 0.455. The third-order valence-corrected chi connectivity index (χ3v) is 2.57. The summed E-state index contributed by atoms with van der Waals surface area (Å²) in [7, 11) is 5.59. The molecule has 19 heavy (non-hydrogen) atoms. The molecule has 0 radical (unpaired) electrons. The molecule has 8 nitrogen and oxygen atoms in total. The number of hydrogen-bond donors (Lipinski definition) is 1. The third-order valence-electron chi connectivity index (χ3n) is 2.57. The molecule has 0 unspecified atom stereocenters. The lowest BCUT2D eigenvalue weighted by Gasteiger charge is -2.20. The molecule has 0 aromatic carbocycles. The van der Waals surface area contributed by atoms with Gasteiger partial charge in [0, 0.05) is 26.2 Å². The maximum absolute atomic E-state index is 11.0. The van der Waals surface area contributed by atoms with E-state index < -0.39 is 16.6 Å². The van der Waals surface area contributed by atoms with E-state index in [1.165, 1.54) is 6.07 Å². The Bertz CT molecular complexity index is 490. The molecule has 0 saturated carbocycles. The minimum absolute atomic E-state index is 0.355. The molecule has 0 fully saturated rings. The standard InChI is InChI=1S/C11H16N4O4/c1-13(2)4-5-14(3)10-6-8(11(16)17)9(7-12-10)15(18)19/h6-7H,4-5H2,1-3H3,(H,16,17). The molecule has 0 aliphatic carbocycles. The Morgan fingerprint density at radius 3 is 2.53 bits per heavy atom. The molecule has 1 N–H and O–H groups in total. The lowest BCUT2D eigenvalue weighted by molar-refractivity contribution is -0.385. The van der Waals surface area contributed by atoms with Crippen molar-refractivity contribution in [2.24, 2.45) is 0 Å². The Morgan fingerprint density at radius 1 is 1.42 bits per heavy atom. The second-order valence-corrected chi connectivity index (χ2v) is 4.35. The zero-order valence-electron chi connectivity index (χ0n) is 11.0. The first-order valence-electron chi connectivity index (χ1n) is 5.56. The number of carboxylic acids is 1. The molecule has 1 aromatic rings. The van der Waals surface area contributed by atoms with Gasteiger partial charge in [-0.3, -0.25) is 10.1 Å². The van der Waals surface area contributed by atoms with Crippen LogP contribution in [0.3, 0.4) is 0 Å². The Labute approximate surface area is 110 Å². The molecular weight excluding hydrogens is 252 g/mol. The molecule has 0 aliphatic rings. The molecule has 1 heterocycles. The Balaban J connectivity index is 3.01. The Hall–Kier alpha value is -2.22. The summed E-state index contributed by atoms with van der Waals surface area (Å²) in [6.07, 6.45) is 0.977. The van der Waals surface area contributed by atoms with Crippen LogP contribution >= 0.6 is 0 Å². The van der Waals surface area contributed by atoms with Crippen LogP contribution in [0, 0.1) is 10.1 Å². The lowest BCUT2D eigenvalue weighted by Crippen LogP contribution is -2.29. The van der Waals surface area contributed by atoms with Crippen molar-refractivity contribution in [3.05, 3.63) is 27.9 Å². The van der Waals surface area contributed by atoms with Crippen LogP contribution in [0.4, 0.5) is 11.5 Å². The van der Waals surface area contributed by atoms with Gasteiger partial charge in [-0.2, -0.15) is 0 Å². The maximum atomic E-state index is 11.0. The van der Waals surface area contributed by atoms with Gasteiger partial charge in [0.15, 0.2) is 0 Å². The highest BCUT2D eigenvalue weighted by Gasteiger charge is 2.21. The van der Waals surface area contributed by atoms with Gasteiger partial charge in [0.05, 0.1) is 4.92 Å². The summed E-state index contributed by atoms with van der Waals surface area (Å²) >= 11 is 0. The van der Waals surface area contributed by atoms with Crippen molar-refractivity contribution in [2.75, 3.05) is 39.1 Å². The van der Waals surface area contributed by atoms with Crippen LogP contribution in [0.15, 0.2) is 12.3 Å². The average Bonchev–Trinajstić information content (AvgIpc) is 2.34. The molecule has 0 atom stereocenters. The van der Waals surface area contributed by atoms with E-state index in [0.29, 0.717) is 12.4 Å². The summed E-state index contributed by atoms with van der Waals surface area (Å²) in [6, 6.07) is 1.22. The van der Waals surface area contributed by atoms with Crippen LogP contribution in [0.1, 0.15) is 10.4 Å². The molecule has 8 heteroatoms. The van der Waals surface area contributed by atoms with E-state index >= 15 is 0 Å². The van der Waals surface area contributed by atoms with Gasteiger partial charge in [-0.25, -0.2) is 9.78 Å². The molecule has 0 spiro atoms. The van der Waals surface area contributed by atoms with E-state index in [0.717, 1.165) is 12.7 Å². The molecule has 0 bridgehead atoms. The van der Waals surface area contributed by atoms with Crippen LogP contribution < -0.4 is 4.90 Å². The summed E-state index contributed by atoms with van der Waals surface area (Å²) in [5.41, 5.74) is -0.857. The highest BCUT2D eigenvalue weighted by atomic mass is 16.6. The molecule has 1 rings (SSSR count). The fourth-order valence-electron chi connectivity index (χ4n) is 1.43. The molecule has 0 amide bonds. The first kappa shape index (κ1) is 14.8. The van der Waals surface area contributed by atoms with E-state index in [2.05, 4.69) is 4.98 Å². The van der Waals surface area contributed by atoms with E-state index in [4.69, 9.17) is 5.11 Å². The van der Waals surface area contributed by atoms with Crippen LogP contribution in [-0.4, -0.2) is 60.1 Å². The quantitative estimate of drug-likeness (QED) is 0.598. The lowest BCUT2D eigenvalue weighted by atomic mass is 10.2. The fourth-order valence-corrected chi connectivity index (χ4v) is 1.43. The summed E-state index contributed by atoms with van der Waals surface area (Å²) in [6.45, 7) is 1.40. The first-order valence-corrected chi connectivity index (χ1v) is 5.56. The number of pyridine rings is 1.